The van der Waals surface area contributed by atoms with Gasteiger partial charge in [-0.1, -0.05) is 0 Å². The summed E-state index contributed by atoms with van der Waals surface area (Å²) >= 11 is 0. The van der Waals surface area contributed by atoms with E-state index in [4.69, 9.17) is 14.2 Å². The molecule has 3 aliphatic heterocycles. The van der Waals surface area contributed by atoms with Gasteiger partial charge in [0, 0.05) is 38.2 Å². The summed E-state index contributed by atoms with van der Waals surface area (Å²) < 4.78 is 21.0. The summed E-state index contributed by atoms with van der Waals surface area (Å²) in [6.07, 6.45) is 3.75. The summed E-state index contributed by atoms with van der Waals surface area (Å²) in [7, 11) is 1.33. The van der Waals surface area contributed by atoms with Crippen LogP contribution >= 0.6 is 0 Å². The lowest BCUT2D eigenvalue weighted by atomic mass is 10.1. The molecule has 8 nitrogen and oxygen atoms in total. The van der Waals surface area contributed by atoms with Gasteiger partial charge in [-0.2, -0.15) is 0 Å². The Morgan fingerprint density at radius 2 is 2.12 bits per heavy atom. The van der Waals surface area contributed by atoms with Gasteiger partial charge < -0.3 is 29.2 Å². The van der Waals surface area contributed by atoms with Gasteiger partial charge in [-0.25, -0.2) is 4.79 Å². The first-order valence-electron chi connectivity index (χ1n) is 8.31. The second-order valence-corrected chi connectivity index (χ2v) is 6.15. The average Bonchev–Trinajstić information content (AvgIpc) is 3.20. The van der Waals surface area contributed by atoms with Crippen LogP contribution in [0, 0.1) is 0 Å². The number of esters is 1. The van der Waals surface area contributed by atoms with Crippen molar-refractivity contribution in [3.63, 3.8) is 0 Å². The molecular formula is C16H24N2O6. The Labute approximate surface area is 141 Å². The third kappa shape index (κ3) is 4.76. The van der Waals surface area contributed by atoms with Crippen LogP contribution in [-0.4, -0.2) is 81.3 Å². The van der Waals surface area contributed by atoms with Crippen LogP contribution < -0.4 is 5.32 Å². The molecular weight excluding hydrogens is 316 g/mol. The van der Waals surface area contributed by atoms with Crippen molar-refractivity contribution in [2.45, 2.75) is 37.4 Å². The number of ether oxygens (including phenoxy) is 4. The number of carbonyl (C=O) groups is 2. The third-order valence-corrected chi connectivity index (χ3v) is 4.40. The number of carbonyl (C=O) groups excluding carboxylic acids is 2. The highest BCUT2D eigenvalue weighted by Crippen LogP contribution is 2.28. The van der Waals surface area contributed by atoms with E-state index >= 15 is 0 Å². The summed E-state index contributed by atoms with van der Waals surface area (Å²) in [6, 6.07) is 0.133. The second-order valence-electron chi connectivity index (χ2n) is 6.15. The third-order valence-electron chi connectivity index (χ3n) is 4.40. The molecule has 3 fully saturated rings. The minimum atomic E-state index is -0.409. The van der Waals surface area contributed by atoms with E-state index in [9.17, 15) is 9.59 Å². The Morgan fingerprint density at radius 1 is 1.33 bits per heavy atom. The molecule has 0 radical (unpaired) electrons. The number of nitrogens with zero attached hydrogens (tertiary/aromatic N) is 1. The Hall–Kier alpha value is -1.48. The molecule has 0 spiro atoms. The number of amides is 1. The van der Waals surface area contributed by atoms with Crippen molar-refractivity contribution in [3.8, 4) is 0 Å². The molecule has 0 aliphatic carbocycles. The molecule has 1 amide bonds. The van der Waals surface area contributed by atoms with Crippen LogP contribution in [0.2, 0.25) is 0 Å². The number of epoxide rings is 1. The van der Waals surface area contributed by atoms with Crippen molar-refractivity contribution in [2.24, 2.45) is 0 Å². The first kappa shape index (κ1) is 17.3. The molecule has 0 aromatic heterocycles. The van der Waals surface area contributed by atoms with Crippen LogP contribution in [0.15, 0.2) is 12.2 Å². The normalized spacial score (nSPS) is 33.0. The molecule has 3 saturated heterocycles. The summed E-state index contributed by atoms with van der Waals surface area (Å²) in [5.74, 6) is -0.244. The van der Waals surface area contributed by atoms with E-state index in [2.05, 4.69) is 10.1 Å². The van der Waals surface area contributed by atoms with Crippen LogP contribution in [0.3, 0.4) is 0 Å². The minimum absolute atomic E-state index is 0.0222. The lowest BCUT2D eigenvalue weighted by Crippen LogP contribution is -2.42. The van der Waals surface area contributed by atoms with Crippen molar-refractivity contribution in [2.75, 3.05) is 40.0 Å². The molecule has 1 N–H and O–H groups in total. The van der Waals surface area contributed by atoms with Crippen molar-refractivity contribution in [1.82, 2.24) is 10.2 Å². The Balaban J connectivity index is 1.35. The molecule has 3 heterocycles. The van der Waals surface area contributed by atoms with Gasteiger partial charge in [-0.15, -0.1) is 0 Å². The van der Waals surface area contributed by atoms with Gasteiger partial charge in [0.1, 0.15) is 6.10 Å². The van der Waals surface area contributed by atoms with E-state index in [0.717, 1.165) is 6.42 Å². The molecule has 0 bridgehead atoms. The first-order chi connectivity index (χ1) is 11.7. The molecule has 2 unspecified atom stereocenters. The quantitative estimate of drug-likeness (QED) is 0.394. The lowest BCUT2D eigenvalue weighted by molar-refractivity contribution is -0.136. The van der Waals surface area contributed by atoms with E-state index in [0.29, 0.717) is 39.3 Å². The van der Waals surface area contributed by atoms with Crippen molar-refractivity contribution in [1.29, 1.82) is 0 Å². The number of hydrogen-bond acceptors (Lipinski definition) is 7. The van der Waals surface area contributed by atoms with E-state index in [-0.39, 0.29) is 30.4 Å². The predicted octanol–water partition coefficient (Wildman–Crippen LogP) is -0.563. The molecule has 24 heavy (non-hydrogen) atoms. The van der Waals surface area contributed by atoms with E-state index < -0.39 is 5.97 Å². The Bertz CT molecular complexity index is 491. The largest absolute Gasteiger partial charge is 0.466 e. The molecule has 0 saturated carbocycles. The first-order valence-corrected chi connectivity index (χ1v) is 8.31. The van der Waals surface area contributed by atoms with E-state index in [1.165, 1.54) is 13.2 Å². The zero-order valence-electron chi connectivity index (χ0n) is 13.8. The molecule has 4 atom stereocenters. The molecule has 3 rings (SSSR count). The Morgan fingerprint density at radius 3 is 2.88 bits per heavy atom. The summed E-state index contributed by atoms with van der Waals surface area (Å²) in [5.41, 5.74) is 0. The van der Waals surface area contributed by atoms with Gasteiger partial charge in [0.25, 0.3) is 0 Å². The number of rotatable bonds is 6. The van der Waals surface area contributed by atoms with Gasteiger partial charge in [0.15, 0.2) is 6.29 Å². The summed E-state index contributed by atoms with van der Waals surface area (Å²) in [5, 5.41) is 3.33. The monoisotopic (exact) mass is 340 g/mol. The van der Waals surface area contributed by atoms with E-state index in [1.807, 2.05) is 4.90 Å². The number of hydrogen-bond donors (Lipinski definition) is 1. The maximum Gasteiger partial charge on any atom is 0.330 e. The highest BCUT2D eigenvalue weighted by molar-refractivity contribution is 5.81. The van der Waals surface area contributed by atoms with Crippen LogP contribution in [0.25, 0.3) is 0 Å². The fraction of sp³-hybridized carbons (Fsp3) is 0.750. The molecule has 0 aromatic carbocycles. The number of methoxy groups -OCH3 is 1. The molecule has 3 aliphatic rings. The zero-order chi connectivity index (χ0) is 16.9. The minimum Gasteiger partial charge on any atom is -0.466 e. The van der Waals surface area contributed by atoms with Gasteiger partial charge in [-0.3, -0.25) is 4.79 Å². The van der Waals surface area contributed by atoms with Crippen molar-refractivity contribution in [3.05, 3.63) is 12.2 Å². The number of morpholine rings is 1. The zero-order valence-corrected chi connectivity index (χ0v) is 13.8. The summed E-state index contributed by atoms with van der Waals surface area (Å²) in [4.78, 5) is 25.1. The fourth-order valence-electron chi connectivity index (χ4n) is 2.98. The Kier molecular flexibility index (Phi) is 5.83. The van der Waals surface area contributed by atoms with Crippen LogP contribution in [-0.2, 0) is 28.5 Å². The molecule has 0 aromatic rings. The van der Waals surface area contributed by atoms with Gasteiger partial charge >= 0.3 is 5.97 Å². The molecule has 8 heteroatoms. The van der Waals surface area contributed by atoms with Gasteiger partial charge in [0.2, 0.25) is 5.91 Å². The maximum absolute atomic E-state index is 12.2. The fourth-order valence-corrected chi connectivity index (χ4v) is 2.98. The average molecular weight is 340 g/mol. The summed E-state index contributed by atoms with van der Waals surface area (Å²) in [6.45, 7) is 3.30. The smallest absolute Gasteiger partial charge is 0.330 e. The highest BCUT2D eigenvalue weighted by atomic mass is 16.8. The van der Waals surface area contributed by atoms with Crippen LogP contribution in [0.5, 0.6) is 0 Å². The lowest BCUT2D eigenvalue weighted by Gasteiger charge is -2.27. The maximum atomic E-state index is 12.2. The number of nitrogens with one attached hydrogen (secondary N) is 1. The van der Waals surface area contributed by atoms with Crippen LogP contribution in [0.4, 0.5) is 0 Å². The standard InChI is InChI=1S/C16H24N2O6/c1-21-15(20)3-2-13-16(24-13)23-12-8-11(17-10-12)9-14(19)18-4-6-22-7-5-18/h2-3,11-13,16-17H,4-10H2,1H3/b3-2+/t11-,12+,13?,16?/m0/s1. The predicted molar refractivity (Wildman–Crippen MR) is 83.1 cm³/mol. The van der Waals surface area contributed by atoms with Crippen LogP contribution in [0.1, 0.15) is 12.8 Å². The SMILES string of the molecule is COC(=O)/C=C/C1OC1O[C@H]1CN[C@H](CC(=O)N2CCOCC2)C1. The highest BCUT2D eigenvalue weighted by Gasteiger charge is 2.41. The topological polar surface area (TPSA) is 89.6 Å². The van der Waals surface area contributed by atoms with E-state index in [1.54, 1.807) is 6.08 Å². The van der Waals surface area contributed by atoms with Gasteiger partial charge in [0.05, 0.1) is 26.4 Å². The van der Waals surface area contributed by atoms with Crippen molar-refractivity contribution < 1.29 is 28.5 Å². The van der Waals surface area contributed by atoms with Gasteiger partial charge in [-0.05, 0) is 12.5 Å². The second kappa shape index (κ2) is 8.06. The molecule has 134 valence electrons. The van der Waals surface area contributed by atoms with Crippen molar-refractivity contribution >= 4 is 11.9 Å².